The van der Waals surface area contributed by atoms with E-state index in [0.29, 0.717) is 13.0 Å². The lowest BCUT2D eigenvalue weighted by Gasteiger charge is -2.33. The molecule has 5 nitrogen and oxygen atoms in total. The highest BCUT2D eigenvalue weighted by Crippen LogP contribution is 2.28. The van der Waals surface area contributed by atoms with Gasteiger partial charge in [0.15, 0.2) is 0 Å². The molecule has 2 unspecified atom stereocenters. The second-order valence-electron chi connectivity index (χ2n) is 7.89. The molecule has 1 N–H and O–H groups in total. The molecule has 2 aromatic heterocycles. The van der Waals surface area contributed by atoms with Crippen molar-refractivity contribution >= 4 is 34.5 Å². The van der Waals surface area contributed by atoms with Crippen molar-refractivity contribution in [2.24, 2.45) is 0 Å². The van der Waals surface area contributed by atoms with E-state index in [-0.39, 0.29) is 24.0 Å². The summed E-state index contributed by atoms with van der Waals surface area (Å²) in [4.78, 5) is 29.5. The third-order valence-corrected chi connectivity index (χ3v) is 7.35. The SMILES string of the molecule is O=C(NC1CCCC1)C(c1ccsc1)N(CC1CCCO1)C(=O)Cc1cccs1. The Kier molecular flexibility index (Phi) is 7.00. The molecular formula is C22H28N2O3S2. The summed E-state index contributed by atoms with van der Waals surface area (Å²) in [6, 6.07) is 5.52. The van der Waals surface area contributed by atoms with Gasteiger partial charge in [-0.2, -0.15) is 11.3 Å². The molecule has 1 saturated carbocycles. The smallest absolute Gasteiger partial charge is 0.247 e. The first-order valence-electron chi connectivity index (χ1n) is 10.5. The van der Waals surface area contributed by atoms with E-state index in [1.807, 2.05) is 34.3 Å². The Morgan fingerprint density at radius 1 is 1.17 bits per heavy atom. The van der Waals surface area contributed by atoms with Gasteiger partial charge in [0.25, 0.3) is 0 Å². The zero-order chi connectivity index (χ0) is 20.1. The zero-order valence-corrected chi connectivity index (χ0v) is 18.2. The highest BCUT2D eigenvalue weighted by atomic mass is 32.1. The van der Waals surface area contributed by atoms with Gasteiger partial charge in [0.05, 0.1) is 12.5 Å². The van der Waals surface area contributed by atoms with Crippen molar-refractivity contribution in [1.29, 1.82) is 0 Å². The van der Waals surface area contributed by atoms with Crippen molar-refractivity contribution in [2.75, 3.05) is 13.2 Å². The highest BCUT2D eigenvalue weighted by Gasteiger charge is 2.35. The van der Waals surface area contributed by atoms with Crippen molar-refractivity contribution in [3.05, 3.63) is 44.8 Å². The van der Waals surface area contributed by atoms with Gasteiger partial charge in [-0.3, -0.25) is 9.59 Å². The van der Waals surface area contributed by atoms with Crippen LogP contribution in [0.1, 0.15) is 55.0 Å². The largest absolute Gasteiger partial charge is 0.376 e. The summed E-state index contributed by atoms with van der Waals surface area (Å²) in [5.41, 5.74) is 0.892. The zero-order valence-electron chi connectivity index (χ0n) is 16.5. The maximum atomic E-state index is 13.4. The van der Waals surface area contributed by atoms with Crippen LogP contribution < -0.4 is 5.32 Å². The minimum atomic E-state index is -0.599. The van der Waals surface area contributed by atoms with Crippen LogP contribution in [0, 0.1) is 0 Å². The molecule has 2 fully saturated rings. The molecule has 3 heterocycles. The molecule has 1 aliphatic heterocycles. The Morgan fingerprint density at radius 3 is 2.69 bits per heavy atom. The number of nitrogens with zero attached hydrogens (tertiary/aromatic N) is 1. The normalized spacial score (nSPS) is 20.6. The van der Waals surface area contributed by atoms with E-state index < -0.39 is 6.04 Å². The Bertz CT molecular complexity index is 779. The van der Waals surface area contributed by atoms with Crippen LogP contribution in [0.15, 0.2) is 34.3 Å². The van der Waals surface area contributed by atoms with Crippen molar-refractivity contribution in [3.8, 4) is 0 Å². The van der Waals surface area contributed by atoms with Crippen LogP contribution in [0.2, 0.25) is 0 Å². The molecule has 1 aliphatic carbocycles. The maximum Gasteiger partial charge on any atom is 0.247 e. The van der Waals surface area contributed by atoms with Crippen molar-refractivity contribution < 1.29 is 14.3 Å². The summed E-state index contributed by atoms with van der Waals surface area (Å²) in [5, 5.41) is 9.16. The van der Waals surface area contributed by atoms with E-state index in [4.69, 9.17) is 4.74 Å². The van der Waals surface area contributed by atoms with Gasteiger partial charge in [-0.05, 0) is 59.5 Å². The molecule has 156 valence electrons. The fourth-order valence-electron chi connectivity index (χ4n) is 4.28. The Labute approximate surface area is 180 Å². The molecule has 2 aliphatic rings. The van der Waals surface area contributed by atoms with Crippen LogP contribution >= 0.6 is 22.7 Å². The third-order valence-electron chi connectivity index (χ3n) is 5.77. The highest BCUT2D eigenvalue weighted by molar-refractivity contribution is 7.10. The average molecular weight is 433 g/mol. The Hall–Kier alpha value is -1.70. The van der Waals surface area contributed by atoms with Crippen LogP contribution in [0.25, 0.3) is 0 Å². The number of rotatable bonds is 8. The van der Waals surface area contributed by atoms with Gasteiger partial charge in [-0.15, -0.1) is 11.3 Å². The van der Waals surface area contributed by atoms with Gasteiger partial charge in [0.1, 0.15) is 6.04 Å². The fourth-order valence-corrected chi connectivity index (χ4v) is 5.65. The molecule has 2 amide bonds. The summed E-state index contributed by atoms with van der Waals surface area (Å²) < 4.78 is 5.83. The maximum absolute atomic E-state index is 13.4. The molecule has 0 radical (unpaired) electrons. The standard InChI is InChI=1S/C22H28N2O3S2/c25-20(13-19-8-4-11-29-19)24(14-18-7-3-10-27-18)21(16-9-12-28-15-16)22(26)23-17-5-1-2-6-17/h4,8-9,11-12,15,17-18,21H,1-3,5-7,10,13-14H2,(H,23,26). The first-order chi connectivity index (χ1) is 14.2. The Morgan fingerprint density at radius 2 is 2.03 bits per heavy atom. The van der Waals surface area contributed by atoms with Crippen LogP contribution in [-0.4, -0.2) is 42.0 Å². The molecule has 7 heteroatoms. The fraction of sp³-hybridized carbons (Fsp3) is 0.545. The predicted octanol–water partition coefficient (Wildman–Crippen LogP) is 4.16. The van der Waals surface area contributed by atoms with Crippen LogP contribution in [0.5, 0.6) is 0 Å². The van der Waals surface area contributed by atoms with Crippen molar-refractivity contribution in [1.82, 2.24) is 10.2 Å². The van der Waals surface area contributed by atoms with E-state index >= 15 is 0 Å². The molecular weight excluding hydrogens is 404 g/mol. The van der Waals surface area contributed by atoms with E-state index in [1.165, 1.54) is 0 Å². The lowest BCUT2D eigenvalue weighted by Crippen LogP contribution is -2.48. The van der Waals surface area contributed by atoms with Crippen LogP contribution in [0.4, 0.5) is 0 Å². The van der Waals surface area contributed by atoms with Gasteiger partial charge < -0.3 is 15.0 Å². The number of carbonyl (C=O) groups excluding carboxylic acids is 2. The Balaban J connectivity index is 1.58. The molecule has 0 spiro atoms. The number of ether oxygens (including phenoxy) is 1. The van der Waals surface area contributed by atoms with Gasteiger partial charge >= 0.3 is 0 Å². The second-order valence-corrected chi connectivity index (χ2v) is 9.70. The second kappa shape index (κ2) is 9.87. The minimum Gasteiger partial charge on any atom is -0.376 e. The van der Waals surface area contributed by atoms with Gasteiger partial charge in [0.2, 0.25) is 11.8 Å². The van der Waals surface area contributed by atoms with E-state index in [0.717, 1.165) is 55.6 Å². The van der Waals surface area contributed by atoms with Crippen LogP contribution in [-0.2, 0) is 20.7 Å². The number of amides is 2. The molecule has 29 heavy (non-hydrogen) atoms. The van der Waals surface area contributed by atoms with Crippen LogP contribution in [0.3, 0.4) is 0 Å². The van der Waals surface area contributed by atoms with E-state index in [2.05, 4.69) is 5.32 Å². The van der Waals surface area contributed by atoms with Crippen molar-refractivity contribution in [3.63, 3.8) is 0 Å². The monoisotopic (exact) mass is 432 g/mol. The summed E-state index contributed by atoms with van der Waals surface area (Å²) in [6.45, 7) is 1.19. The van der Waals surface area contributed by atoms with Gasteiger partial charge in [0, 0.05) is 24.1 Å². The first kappa shape index (κ1) is 20.6. The molecule has 1 saturated heterocycles. The topological polar surface area (TPSA) is 58.6 Å². The summed E-state index contributed by atoms with van der Waals surface area (Å²) in [5.74, 6) is -0.0754. The number of nitrogens with one attached hydrogen (secondary N) is 1. The molecule has 4 rings (SSSR count). The lowest BCUT2D eigenvalue weighted by molar-refractivity contribution is -0.142. The lowest BCUT2D eigenvalue weighted by atomic mass is 10.0. The third kappa shape index (κ3) is 5.27. The quantitative estimate of drug-likeness (QED) is 0.681. The number of carbonyl (C=O) groups is 2. The summed E-state index contributed by atoms with van der Waals surface area (Å²) >= 11 is 3.14. The first-order valence-corrected chi connectivity index (χ1v) is 12.3. The molecule has 0 bridgehead atoms. The summed E-state index contributed by atoms with van der Waals surface area (Å²) in [7, 11) is 0. The number of hydrogen-bond donors (Lipinski definition) is 1. The van der Waals surface area contributed by atoms with Gasteiger partial charge in [-0.25, -0.2) is 0 Å². The van der Waals surface area contributed by atoms with E-state index in [1.54, 1.807) is 27.6 Å². The van der Waals surface area contributed by atoms with Crippen molar-refractivity contribution in [2.45, 2.75) is 63.1 Å². The molecule has 2 aromatic rings. The number of thiophene rings is 2. The minimum absolute atomic E-state index is 0.00250. The molecule has 2 atom stereocenters. The molecule has 0 aromatic carbocycles. The van der Waals surface area contributed by atoms with E-state index in [9.17, 15) is 9.59 Å². The average Bonchev–Trinajstić information content (AvgIpc) is 3.49. The summed E-state index contributed by atoms with van der Waals surface area (Å²) in [6.07, 6.45) is 6.63. The van der Waals surface area contributed by atoms with Gasteiger partial charge in [-0.1, -0.05) is 18.9 Å². The predicted molar refractivity (Wildman–Crippen MR) is 116 cm³/mol. The number of hydrogen-bond acceptors (Lipinski definition) is 5.